The van der Waals surface area contributed by atoms with E-state index in [9.17, 15) is 18.4 Å². The molecule has 10 heteroatoms. The molecule has 0 spiro atoms. The summed E-state index contributed by atoms with van der Waals surface area (Å²) in [5.41, 5.74) is 3.53. The van der Waals surface area contributed by atoms with Crippen molar-refractivity contribution in [3.63, 3.8) is 0 Å². The molecule has 0 saturated carbocycles. The highest BCUT2D eigenvalue weighted by Gasteiger charge is 2.37. The minimum absolute atomic E-state index is 0.130. The van der Waals surface area contributed by atoms with Crippen LogP contribution in [0.5, 0.6) is 17.2 Å². The van der Waals surface area contributed by atoms with Crippen LogP contribution in [0.3, 0.4) is 0 Å². The van der Waals surface area contributed by atoms with Gasteiger partial charge in [0.1, 0.15) is 35.5 Å². The van der Waals surface area contributed by atoms with Gasteiger partial charge in [-0.3, -0.25) is 0 Å². The molecule has 1 aliphatic heterocycles. The Bertz CT molecular complexity index is 1850. The maximum atomic E-state index is 14.0. The molecule has 4 aromatic carbocycles. The summed E-state index contributed by atoms with van der Waals surface area (Å²) in [4.78, 5) is 28.6. The summed E-state index contributed by atoms with van der Waals surface area (Å²) in [6.07, 6.45) is 1.02. The van der Waals surface area contributed by atoms with Crippen molar-refractivity contribution in [2.75, 3.05) is 33.0 Å². The quantitative estimate of drug-likeness (QED) is 0.0714. The normalized spacial score (nSPS) is 15.5. The van der Waals surface area contributed by atoms with Gasteiger partial charge in [0.15, 0.2) is 0 Å². The molecule has 47 heavy (non-hydrogen) atoms. The van der Waals surface area contributed by atoms with E-state index >= 15 is 0 Å². The second-order valence-corrected chi connectivity index (χ2v) is 11.7. The predicted molar refractivity (Wildman–Crippen MR) is 168 cm³/mol. The van der Waals surface area contributed by atoms with Crippen LogP contribution >= 0.6 is 0 Å². The average Bonchev–Trinajstić information content (AvgIpc) is 3.32. The fraction of sp³-hybridized carbons (Fsp3) is 0.270. The number of carbonyl (C=O) groups excluding carboxylic acids is 2. The first-order valence-corrected chi connectivity index (χ1v) is 15.2. The maximum Gasteiger partial charge on any atom is 0.343 e. The summed E-state index contributed by atoms with van der Waals surface area (Å²) in [6, 6.07) is 18.7. The molecule has 1 unspecified atom stereocenters. The molecule has 1 heterocycles. The van der Waals surface area contributed by atoms with Gasteiger partial charge in [-0.2, -0.15) is 0 Å². The van der Waals surface area contributed by atoms with E-state index in [1.807, 2.05) is 13.0 Å². The third kappa shape index (κ3) is 6.59. The van der Waals surface area contributed by atoms with E-state index in [0.29, 0.717) is 36.9 Å². The number of halogens is 2. The van der Waals surface area contributed by atoms with E-state index in [0.717, 1.165) is 54.0 Å². The number of hydrogen-bond donors (Lipinski definition) is 0. The zero-order chi connectivity index (χ0) is 33.1. The van der Waals surface area contributed by atoms with Gasteiger partial charge in [-0.25, -0.2) is 23.2 Å². The SMILES string of the molecule is [C-]#[N+]c1c(F)cc(OC(=O)c2ccc3c(c2)C(C)c2cc(OC(=O)c4ccc(OCCOCC5(CC)COC5)cc4)ccc2-3)cc1F. The lowest BCUT2D eigenvalue weighted by atomic mass is 9.84. The number of esters is 2. The second kappa shape index (κ2) is 13.3. The van der Waals surface area contributed by atoms with E-state index in [1.54, 1.807) is 54.6 Å². The lowest BCUT2D eigenvalue weighted by molar-refractivity contribution is -0.151. The summed E-state index contributed by atoms with van der Waals surface area (Å²) in [6.45, 7) is 13.9. The summed E-state index contributed by atoms with van der Waals surface area (Å²) < 4.78 is 55.7. The zero-order valence-electron chi connectivity index (χ0n) is 25.8. The monoisotopic (exact) mass is 639 g/mol. The smallest absolute Gasteiger partial charge is 0.343 e. The van der Waals surface area contributed by atoms with Crippen LogP contribution in [0.2, 0.25) is 0 Å². The van der Waals surface area contributed by atoms with Crippen molar-refractivity contribution in [3.8, 4) is 28.4 Å². The zero-order valence-corrected chi connectivity index (χ0v) is 25.8. The van der Waals surface area contributed by atoms with Crippen LogP contribution in [0.4, 0.5) is 14.5 Å². The summed E-state index contributed by atoms with van der Waals surface area (Å²) in [5.74, 6) is -3.03. The van der Waals surface area contributed by atoms with Gasteiger partial charge >= 0.3 is 11.9 Å². The Kier molecular flexibility index (Phi) is 9.03. The fourth-order valence-corrected chi connectivity index (χ4v) is 5.68. The van der Waals surface area contributed by atoms with Crippen LogP contribution < -0.4 is 14.2 Å². The Labute approximate surface area is 270 Å². The highest BCUT2D eigenvalue weighted by molar-refractivity contribution is 5.94. The third-order valence-electron chi connectivity index (χ3n) is 8.62. The van der Waals surface area contributed by atoms with Crippen molar-refractivity contribution >= 4 is 17.6 Å². The van der Waals surface area contributed by atoms with Gasteiger partial charge in [-0.15, -0.1) is 0 Å². The van der Waals surface area contributed by atoms with Crippen molar-refractivity contribution in [2.45, 2.75) is 26.2 Å². The maximum absolute atomic E-state index is 14.0. The van der Waals surface area contributed by atoms with E-state index in [-0.39, 0.29) is 22.6 Å². The molecule has 1 atom stereocenters. The fourth-order valence-electron chi connectivity index (χ4n) is 5.68. The van der Waals surface area contributed by atoms with Crippen LogP contribution in [0, 0.1) is 23.6 Å². The van der Waals surface area contributed by atoms with Crippen LogP contribution in [0.1, 0.15) is 58.0 Å². The Morgan fingerprint density at radius 2 is 1.43 bits per heavy atom. The molecule has 4 aromatic rings. The van der Waals surface area contributed by atoms with Gasteiger partial charge in [0, 0.05) is 23.5 Å². The number of carbonyl (C=O) groups is 2. The Morgan fingerprint density at radius 3 is 2.06 bits per heavy atom. The van der Waals surface area contributed by atoms with Gasteiger partial charge in [0.2, 0.25) is 0 Å². The molecule has 0 amide bonds. The molecule has 0 N–H and O–H groups in total. The van der Waals surface area contributed by atoms with Crippen LogP contribution in [0.25, 0.3) is 16.0 Å². The second-order valence-electron chi connectivity index (χ2n) is 11.7. The summed E-state index contributed by atoms with van der Waals surface area (Å²) >= 11 is 0. The highest BCUT2D eigenvalue weighted by atomic mass is 19.1. The van der Waals surface area contributed by atoms with E-state index in [1.165, 1.54) is 0 Å². The number of rotatable bonds is 11. The minimum Gasteiger partial charge on any atom is -0.491 e. The van der Waals surface area contributed by atoms with Crippen molar-refractivity contribution in [3.05, 3.63) is 118 Å². The Morgan fingerprint density at radius 1 is 0.830 bits per heavy atom. The molecule has 2 aliphatic rings. The number of nitrogens with zero attached hydrogens (tertiary/aromatic N) is 1. The Balaban J connectivity index is 1.05. The molecule has 1 aliphatic carbocycles. The van der Waals surface area contributed by atoms with Crippen LogP contribution in [0.15, 0.2) is 72.8 Å². The van der Waals surface area contributed by atoms with Crippen molar-refractivity contribution in [2.24, 2.45) is 5.41 Å². The molecular weight excluding hydrogens is 608 g/mol. The number of ether oxygens (including phenoxy) is 5. The third-order valence-corrected chi connectivity index (χ3v) is 8.62. The molecular formula is C37H31F2NO7. The van der Waals surface area contributed by atoms with Crippen molar-refractivity contribution < 1.29 is 42.1 Å². The molecule has 8 nitrogen and oxygen atoms in total. The number of benzene rings is 4. The number of hydrogen-bond acceptors (Lipinski definition) is 7. The molecule has 0 radical (unpaired) electrons. The first kappa shape index (κ1) is 31.9. The standard InChI is InChI=1S/C37H31F2NO7/c1-4-37(20-44-21-37)19-43-13-14-45-25-8-5-23(6-9-25)35(41)46-26-10-12-29-28-11-7-24(15-30(28)22(2)31(29)16-26)36(42)47-27-17-32(38)34(40-3)33(39)18-27/h5-12,15-18,22H,4,13-14,19-21H2,1-2H3. The predicted octanol–water partition coefficient (Wildman–Crippen LogP) is 7.91. The number of fused-ring (bicyclic) bond motifs is 3. The average molecular weight is 640 g/mol. The Hall–Kier alpha value is -5.11. The minimum atomic E-state index is -1.11. The topological polar surface area (TPSA) is 84.7 Å². The largest absolute Gasteiger partial charge is 0.491 e. The summed E-state index contributed by atoms with van der Waals surface area (Å²) in [5, 5.41) is 0. The molecule has 1 saturated heterocycles. The van der Waals surface area contributed by atoms with Gasteiger partial charge < -0.3 is 23.7 Å². The molecule has 1 fully saturated rings. The van der Waals surface area contributed by atoms with E-state index in [2.05, 4.69) is 11.8 Å². The highest BCUT2D eigenvalue weighted by Crippen LogP contribution is 2.46. The van der Waals surface area contributed by atoms with E-state index < -0.39 is 29.3 Å². The summed E-state index contributed by atoms with van der Waals surface area (Å²) in [7, 11) is 0. The lowest BCUT2D eigenvalue weighted by Gasteiger charge is -2.40. The van der Waals surface area contributed by atoms with Gasteiger partial charge in [-0.05, 0) is 77.2 Å². The van der Waals surface area contributed by atoms with Crippen LogP contribution in [-0.4, -0.2) is 45.0 Å². The molecule has 0 aromatic heterocycles. The lowest BCUT2D eigenvalue weighted by Crippen LogP contribution is -2.45. The van der Waals surface area contributed by atoms with Crippen LogP contribution in [-0.2, 0) is 9.47 Å². The van der Waals surface area contributed by atoms with Gasteiger partial charge in [-0.1, -0.05) is 26.0 Å². The molecule has 240 valence electrons. The van der Waals surface area contributed by atoms with Gasteiger partial charge in [0.05, 0.1) is 44.1 Å². The van der Waals surface area contributed by atoms with Gasteiger partial charge in [0.25, 0.3) is 5.69 Å². The molecule has 6 rings (SSSR count). The van der Waals surface area contributed by atoms with E-state index in [4.69, 9.17) is 30.3 Å². The first-order chi connectivity index (χ1) is 22.7. The molecule has 0 bridgehead atoms. The van der Waals surface area contributed by atoms with Crippen molar-refractivity contribution in [1.82, 2.24) is 0 Å². The van der Waals surface area contributed by atoms with Crippen molar-refractivity contribution in [1.29, 1.82) is 0 Å². The first-order valence-electron chi connectivity index (χ1n) is 15.2.